The molecule has 2 atom stereocenters. The Morgan fingerprint density at radius 3 is 1.80 bits per heavy atom. The Morgan fingerprint density at radius 1 is 1.30 bits per heavy atom. The third-order valence-corrected chi connectivity index (χ3v) is 1.01. The quantitative estimate of drug-likeness (QED) is 0.557. The van der Waals surface area contributed by atoms with Gasteiger partial charge in [-0.15, -0.1) is 0 Å². The fourth-order valence-electron chi connectivity index (χ4n) is 0.303. The second-order valence-corrected chi connectivity index (χ2v) is 1.82. The summed E-state index contributed by atoms with van der Waals surface area (Å²) < 4.78 is 58.4. The summed E-state index contributed by atoms with van der Waals surface area (Å²) in [6.45, 7) is -0.397. The van der Waals surface area contributed by atoms with Crippen LogP contribution in [0.3, 0.4) is 0 Å². The van der Waals surface area contributed by atoms with Crippen LogP contribution in [0.4, 0.5) is 22.0 Å². The molecule has 0 rings (SSSR count). The molecule has 0 nitrogen and oxygen atoms in total. The summed E-state index contributed by atoms with van der Waals surface area (Å²) in [5.74, 6) is -4.26. The lowest BCUT2D eigenvalue weighted by Gasteiger charge is -2.18. The summed E-state index contributed by atoms with van der Waals surface area (Å²) in [5.41, 5.74) is 0. The molecular formula is C5H6F5. The van der Waals surface area contributed by atoms with E-state index >= 15 is 0 Å². The van der Waals surface area contributed by atoms with Crippen molar-refractivity contribution >= 4 is 0 Å². The van der Waals surface area contributed by atoms with Crippen molar-refractivity contribution in [3.63, 3.8) is 0 Å². The van der Waals surface area contributed by atoms with E-state index in [-0.39, 0.29) is 0 Å². The standard InChI is InChI=1S/C5H6F5/c1-3(7)5(9,10)4(8)2-6/h2-4H,1H3. The molecule has 0 amide bonds. The molecule has 5 heteroatoms. The zero-order valence-corrected chi connectivity index (χ0v) is 5.12. The van der Waals surface area contributed by atoms with Gasteiger partial charge in [0.1, 0.15) is 0 Å². The molecule has 0 aromatic heterocycles. The largest absolute Gasteiger partial charge is 0.311 e. The lowest BCUT2D eigenvalue weighted by molar-refractivity contribution is -0.116. The van der Waals surface area contributed by atoms with Gasteiger partial charge in [0.05, 0.1) is 0 Å². The second kappa shape index (κ2) is 3.16. The van der Waals surface area contributed by atoms with Gasteiger partial charge in [-0.05, 0) is 6.92 Å². The first-order valence-electron chi connectivity index (χ1n) is 2.52. The molecule has 0 aromatic carbocycles. The molecule has 0 bridgehead atoms. The predicted molar refractivity (Wildman–Crippen MR) is 25.8 cm³/mol. The van der Waals surface area contributed by atoms with Gasteiger partial charge in [0, 0.05) is 0 Å². The maximum atomic E-state index is 11.9. The van der Waals surface area contributed by atoms with E-state index in [0.29, 0.717) is 6.92 Å². The Labute approximate surface area is 55.0 Å². The fraction of sp³-hybridized carbons (Fsp3) is 0.800. The van der Waals surface area contributed by atoms with Crippen LogP contribution in [-0.2, 0) is 0 Å². The van der Waals surface area contributed by atoms with Crippen LogP contribution >= 0.6 is 0 Å². The molecule has 61 valence electrons. The van der Waals surface area contributed by atoms with Crippen molar-refractivity contribution in [1.82, 2.24) is 0 Å². The van der Waals surface area contributed by atoms with Crippen LogP contribution in [0.2, 0.25) is 0 Å². The Morgan fingerprint density at radius 2 is 1.70 bits per heavy atom. The van der Waals surface area contributed by atoms with E-state index in [2.05, 4.69) is 0 Å². The maximum absolute atomic E-state index is 11.9. The minimum Gasteiger partial charge on any atom is -0.241 e. The maximum Gasteiger partial charge on any atom is 0.311 e. The molecule has 0 saturated heterocycles. The van der Waals surface area contributed by atoms with E-state index < -0.39 is 24.9 Å². The van der Waals surface area contributed by atoms with Crippen molar-refractivity contribution in [2.45, 2.75) is 25.2 Å². The van der Waals surface area contributed by atoms with Gasteiger partial charge < -0.3 is 0 Å². The molecule has 0 aliphatic carbocycles. The van der Waals surface area contributed by atoms with Crippen molar-refractivity contribution in [3.8, 4) is 0 Å². The zero-order chi connectivity index (χ0) is 8.36. The van der Waals surface area contributed by atoms with Crippen LogP contribution in [-0.4, -0.2) is 18.3 Å². The molecule has 1 radical (unpaired) electrons. The van der Waals surface area contributed by atoms with Crippen LogP contribution < -0.4 is 0 Å². The third kappa shape index (κ3) is 1.82. The first-order valence-corrected chi connectivity index (χ1v) is 2.52. The molecule has 0 N–H and O–H groups in total. The highest BCUT2D eigenvalue weighted by Crippen LogP contribution is 2.29. The zero-order valence-electron chi connectivity index (χ0n) is 5.12. The summed E-state index contributed by atoms with van der Waals surface area (Å²) in [4.78, 5) is 0. The molecule has 0 spiro atoms. The smallest absolute Gasteiger partial charge is 0.241 e. The average molecular weight is 161 g/mol. The van der Waals surface area contributed by atoms with Crippen LogP contribution in [0, 0.1) is 6.67 Å². The van der Waals surface area contributed by atoms with E-state index in [1.807, 2.05) is 0 Å². The highest BCUT2D eigenvalue weighted by Gasteiger charge is 2.46. The van der Waals surface area contributed by atoms with E-state index in [4.69, 9.17) is 0 Å². The topological polar surface area (TPSA) is 0 Å². The average Bonchev–Trinajstić information content (AvgIpc) is 1.86. The van der Waals surface area contributed by atoms with Crippen LogP contribution in [0.1, 0.15) is 6.92 Å². The van der Waals surface area contributed by atoms with Gasteiger partial charge in [0.15, 0.2) is 12.8 Å². The molecule has 0 aliphatic rings. The van der Waals surface area contributed by atoms with Crippen LogP contribution in [0.15, 0.2) is 0 Å². The Hall–Kier alpha value is -0.350. The lowest BCUT2D eigenvalue weighted by atomic mass is 10.1. The van der Waals surface area contributed by atoms with Crippen molar-refractivity contribution in [2.75, 3.05) is 0 Å². The highest BCUT2D eigenvalue weighted by atomic mass is 19.3. The summed E-state index contributed by atoms with van der Waals surface area (Å²) in [6.07, 6.45) is -5.85. The van der Waals surface area contributed by atoms with E-state index in [1.54, 1.807) is 0 Å². The Kier molecular flexibility index (Phi) is 3.05. The van der Waals surface area contributed by atoms with Crippen molar-refractivity contribution < 1.29 is 22.0 Å². The normalized spacial score (nSPS) is 18.6. The minimum atomic E-state index is -4.26. The summed E-state index contributed by atoms with van der Waals surface area (Å²) >= 11 is 0. The SMILES string of the molecule is CC(F)C(F)(F)C(F)[CH]F. The summed E-state index contributed by atoms with van der Waals surface area (Å²) in [7, 11) is 0. The molecule has 0 saturated carbocycles. The van der Waals surface area contributed by atoms with Crippen LogP contribution in [0.25, 0.3) is 0 Å². The van der Waals surface area contributed by atoms with Gasteiger partial charge in [-0.2, -0.15) is 0 Å². The van der Waals surface area contributed by atoms with E-state index in [0.717, 1.165) is 0 Å². The molecule has 2 unspecified atom stereocenters. The molecule has 0 aromatic rings. The van der Waals surface area contributed by atoms with Crippen molar-refractivity contribution in [3.05, 3.63) is 6.67 Å². The third-order valence-electron chi connectivity index (χ3n) is 1.01. The first-order chi connectivity index (χ1) is 4.42. The Bertz CT molecular complexity index is 100. The molecule has 0 aliphatic heterocycles. The van der Waals surface area contributed by atoms with E-state index in [9.17, 15) is 22.0 Å². The minimum absolute atomic E-state index is 0.468. The first kappa shape index (κ1) is 9.65. The monoisotopic (exact) mass is 161 g/mol. The molecule has 10 heavy (non-hydrogen) atoms. The molecular weight excluding hydrogens is 155 g/mol. The number of rotatable bonds is 3. The van der Waals surface area contributed by atoms with Gasteiger partial charge >= 0.3 is 5.92 Å². The highest BCUT2D eigenvalue weighted by molar-refractivity contribution is 4.86. The van der Waals surface area contributed by atoms with Crippen molar-refractivity contribution in [2.24, 2.45) is 0 Å². The molecule has 0 heterocycles. The lowest BCUT2D eigenvalue weighted by Crippen LogP contribution is -2.37. The number of alkyl halides is 4. The molecule has 0 fully saturated rings. The summed E-state index contributed by atoms with van der Waals surface area (Å²) in [5, 5.41) is 0. The van der Waals surface area contributed by atoms with Crippen molar-refractivity contribution in [1.29, 1.82) is 0 Å². The number of halogens is 5. The summed E-state index contributed by atoms with van der Waals surface area (Å²) in [6, 6.07) is 0. The van der Waals surface area contributed by atoms with Gasteiger partial charge in [-0.25, -0.2) is 22.0 Å². The van der Waals surface area contributed by atoms with Gasteiger partial charge in [0.25, 0.3) is 0 Å². The second-order valence-electron chi connectivity index (χ2n) is 1.82. The number of hydrogen-bond acceptors (Lipinski definition) is 0. The van der Waals surface area contributed by atoms with E-state index in [1.165, 1.54) is 0 Å². The predicted octanol–water partition coefficient (Wildman–Crippen LogP) is 2.45. The van der Waals surface area contributed by atoms with Gasteiger partial charge in [0.2, 0.25) is 6.17 Å². The van der Waals surface area contributed by atoms with Crippen LogP contribution in [0.5, 0.6) is 0 Å². The Balaban J connectivity index is 4.09. The number of hydrogen-bond donors (Lipinski definition) is 0. The van der Waals surface area contributed by atoms with Gasteiger partial charge in [-0.3, -0.25) is 0 Å². The van der Waals surface area contributed by atoms with Gasteiger partial charge in [-0.1, -0.05) is 0 Å². The fourth-order valence-corrected chi connectivity index (χ4v) is 0.303.